The van der Waals surface area contributed by atoms with Gasteiger partial charge in [-0.3, -0.25) is 0 Å². The van der Waals surface area contributed by atoms with Gasteiger partial charge in [-0.15, -0.1) is 0 Å². The Morgan fingerprint density at radius 1 is 0.516 bits per heavy atom. The van der Waals surface area contributed by atoms with Crippen LogP contribution < -0.4 is 0 Å². The molecule has 0 aliphatic carbocycles. The van der Waals surface area contributed by atoms with Crippen molar-refractivity contribution in [1.29, 1.82) is 0 Å². The molecule has 2 atom stereocenters. The SMILES string of the molecule is CCCC/C=C\C=C\CCCCC(OC)OC(CCCC/C=C/C=C\CCCC)OC. The van der Waals surface area contributed by atoms with Crippen LogP contribution in [0, 0.1) is 0 Å². The molecule has 0 amide bonds. The summed E-state index contributed by atoms with van der Waals surface area (Å²) in [5, 5.41) is 0. The second-order valence-corrected chi connectivity index (χ2v) is 8.03. The number of hydrogen-bond donors (Lipinski definition) is 0. The summed E-state index contributed by atoms with van der Waals surface area (Å²) >= 11 is 0. The highest BCUT2D eigenvalue weighted by molar-refractivity contribution is 5.02. The lowest BCUT2D eigenvalue weighted by atomic mass is 10.1. The van der Waals surface area contributed by atoms with Crippen molar-refractivity contribution < 1.29 is 14.2 Å². The Hall–Kier alpha value is -1.16. The van der Waals surface area contributed by atoms with Crippen molar-refractivity contribution in [3.8, 4) is 0 Å². The molecule has 0 saturated carbocycles. The van der Waals surface area contributed by atoms with Crippen LogP contribution in [0.15, 0.2) is 48.6 Å². The third kappa shape index (κ3) is 21.8. The van der Waals surface area contributed by atoms with Gasteiger partial charge in [0.05, 0.1) is 0 Å². The summed E-state index contributed by atoms with van der Waals surface area (Å²) in [5.41, 5.74) is 0. The molecule has 2 unspecified atom stereocenters. The minimum atomic E-state index is -0.184. The first-order valence-electron chi connectivity index (χ1n) is 12.6. The van der Waals surface area contributed by atoms with Gasteiger partial charge in [0.15, 0.2) is 12.6 Å². The molecule has 0 radical (unpaired) electrons. The maximum Gasteiger partial charge on any atom is 0.160 e. The van der Waals surface area contributed by atoms with Gasteiger partial charge in [0.25, 0.3) is 0 Å². The first kappa shape index (κ1) is 29.8. The van der Waals surface area contributed by atoms with E-state index in [0.29, 0.717) is 0 Å². The number of methoxy groups -OCH3 is 2. The molecule has 0 spiro atoms. The number of allylic oxidation sites excluding steroid dienone is 8. The summed E-state index contributed by atoms with van der Waals surface area (Å²) in [6.45, 7) is 4.45. The number of unbranched alkanes of at least 4 members (excludes halogenated alkanes) is 8. The van der Waals surface area contributed by atoms with Gasteiger partial charge >= 0.3 is 0 Å². The van der Waals surface area contributed by atoms with E-state index in [-0.39, 0.29) is 12.6 Å². The fourth-order valence-corrected chi connectivity index (χ4v) is 3.14. The summed E-state index contributed by atoms with van der Waals surface area (Å²) in [7, 11) is 3.44. The molecular weight excluding hydrogens is 384 g/mol. The molecule has 31 heavy (non-hydrogen) atoms. The molecule has 0 bridgehead atoms. The molecule has 0 aromatic heterocycles. The molecule has 3 nitrogen and oxygen atoms in total. The summed E-state index contributed by atoms with van der Waals surface area (Å²) in [5.74, 6) is 0. The van der Waals surface area contributed by atoms with E-state index < -0.39 is 0 Å². The Balaban J connectivity index is 3.85. The Labute approximate surface area is 193 Å². The minimum absolute atomic E-state index is 0.184. The summed E-state index contributed by atoms with van der Waals surface area (Å²) in [6.07, 6.45) is 33.2. The van der Waals surface area contributed by atoms with Crippen molar-refractivity contribution in [1.82, 2.24) is 0 Å². The fraction of sp³-hybridized carbons (Fsp3) is 0.714. The van der Waals surface area contributed by atoms with Crippen molar-refractivity contribution in [2.45, 2.75) is 116 Å². The van der Waals surface area contributed by atoms with Gasteiger partial charge in [-0.05, 0) is 64.2 Å². The van der Waals surface area contributed by atoms with Crippen molar-refractivity contribution >= 4 is 0 Å². The van der Waals surface area contributed by atoms with Gasteiger partial charge in [-0.25, -0.2) is 0 Å². The maximum absolute atomic E-state index is 6.01. The van der Waals surface area contributed by atoms with E-state index in [4.69, 9.17) is 14.2 Å². The highest BCUT2D eigenvalue weighted by atomic mass is 16.8. The molecule has 0 saturated heterocycles. The average Bonchev–Trinajstić information content (AvgIpc) is 2.79. The summed E-state index contributed by atoms with van der Waals surface area (Å²) in [4.78, 5) is 0. The van der Waals surface area contributed by atoms with Gasteiger partial charge in [-0.1, -0.05) is 88.1 Å². The van der Waals surface area contributed by atoms with Crippen LogP contribution in [0.25, 0.3) is 0 Å². The largest absolute Gasteiger partial charge is 0.356 e. The van der Waals surface area contributed by atoms with Crippen LogP contribution in [0.1, 0.15) is 104 Å². The molecule has 180 valence electrons. The predicted octanol–water partition coefficient (Wildman–Crippen LogP) is 8.67. The van der Waals surface area contributed by atoms with Gasteiger partial charge in [0, 0.05) is 14.2 Å². The molecule has 0 aliphatic rings. The maximum atomic E-state index is 6.01. The van der Waals surface area contributed by atoms with E-state index in [1.165, 1.54) is 38.5 Å². The zero-order valence-electron chi connectivity index (χ0n) is 20.9. The predicted molar refractivity (Wildman–Crippen MR) is 135 cm³/mol. The first-order valence-corrected chi connectivity index (χ1v) is 12.6. The van der Waals surface area contributed by atoms with Crippen LogP contribution in [-0.4, -0.2) is 26.8 Å². The summed E-state index contributed by atoms with van der Waals surface area (Å²) in [6, 6.07) is 0. The molecule has 0 aliphatic heterocycles. The molecule has 3 heteroatoms. The van der Waals surface area contributed by atoms with Crippen LogP contribution in [-0.2, 0) is 14.2 Å². The quantitative estimate of drug-likeness (QED) is 0.0968. The zero-order valence-corrected chi connectivity index (χ0v) is 20.9. The first-order chi connectivity index (χ1) is 15.3. The monoisotopic (exact) mass is 434 g/mol. The van der Waals surface area contributed by atoms with E-state index in [2.05, 4.69) is 62.5 Å². The van der Waals surface area contributed by atoms with Crippen LogP contribution in [0.3, 0.4) is 0 Å². The third-order valence-electron chi connectivity index (χ3n) is 5.17. The lowest BCUT2D eigenvalue weighted by Crippen LogP contribution is -2.25. The van der Waals surface area contributed by atoms with Gasteiger partial charge in [-0.2, -0.15) is 0 Å². The second kappa shape index (κ2) is 25.1. The molecule has 0 heterocycles. The van der Waals surface area contributed by atoms with E-state index >= 15 is 0 Å². The number of rotatable bonds is 22. The Morgan fingerprint density at radius 3 is 1.19 bits per heavy atom. The number of ether oxygens (including phenoxy) is 3. The van der Waals surface area contributed by atoms with Gasteiger partial charge < -0.3 is 14.2 Å². The fourth-order valence-electron chi connectivity index (χ4n) is 3.14. The third-order valence-corrected chi connectivity index (χ3v) is 5.17. The topological polar surface area (TPSA) is 27.7 Å². The van der Waals surface area contributed by atoms with E-state index in [1.54, 1.807) is 14.2 Å². The molecule has 0 N–H and O–H groups in total. The van der Waals surface area contributed by atoms with Gasteiger partial charge in [0.2, 0.25) is 0 Å². The van der Waals surface area contributed by atoms with Crippen molar-refractivity contribution in [3.05, 3.63) is 48.6 Å². The summed E-state index contributed by atoms with van der Waals surface area (Å²) < 4.78 is 17.0. The van der Waals surface area contributed by atoms with Crippen LogP contribution >= 0.6 is 0 Å². The van der Waals surface area contributed by atoms with Crippen LogP contribution in [0.5, 0.6) is 0 Å². The molecular formula is C28H50O3. The zero-order chi connectivity index (χ0) is 22.8. The smallest absolute Gasteiger partial charge is 0.160 e. The van der Waals surface area contributed by atoms with Crippen molar-refractivity contribution in [3.63, 3.8) is 0 Å². The Kier molecular flexibility index (Phi) is 24.2. The van der Waals surface area contributed by atoms with Crippen LogP contribution in [0.2, 0.25) is 0 Å². The molecule has 0 fully saturated rings. The second-order valence-electron chi connectivity index (χ2n) is 8.03. The average molecular weight is 435 g/mol. The number of hydrogen-bond acceptors (Lipinski definition) is 3. The standard InChI is InChI=1S/C28H50O3/c1-5-7-9-11-13-15-17-19-21-23-25-27(29-3)31-28(30-4)26-24-22-20-18-16-14-12-10-8-6-2/h11-18,27-28H,5-10,19-26H2,1-4H3/b13-11-,14-12-,17-15+,18-16+. The highest BCUT2D eigenvalue weighted by Gasteiger charge is 2.15. The van der Waals surface area contributed by atoms with E-state index in [0.717, 1.165) is 51.4 Å². The van der Waals surface area contributed by atoms with E-state index in [9.17, 15) is 0 Å². The Bertz CT molecular complexity index is 423. The Morgan fingerprint density at radius 2 is 0.871 bits per heavy atom. The normalized spacial score (nSPS) is 14.6. The lowest BCUT2D eigenvalue weighted by molar-refractivity contribution is -0.233. The van der Waals surface area contributed by atoms with Crippen molar-refractivity contribution in [2.75, 3.05) is 14.2 Å². The van der Waals surface area contributed by atoms with E-state index in [1.807, 2.05) is 0 Å². The molecule has 0 aromatic rings. The van der Waals surface area contributed by atoms with Crippen LogP contribution in [0.4, 0.5) is 0 Å². The minimum Gasteiger partial charge on any atom is -0.356 e. The van der Waals surface area contributed by atoms with Gasteiger partial charge in [0.1, 0.15) is 0 Å². The lowest BCUT2D eigenvalue weighted by Gasteiger charge is -2.22. The molecule has 0 aromatic carbocycles. The van der Waals surface area contributed by atoms with Crippen molar-refractivity contribution in [2.24, 2.45) is 0 Å². The highest BCUT2D eigenvalue weighted by Crippen LogP contribution is 2.15. The molecule has 0 rings (SSSR count).